The van der Waals surface area contributed by atoms with Crippen molar-refractivity contribution in [3.63, 3.8) is 0 Å². The molecule has 0 saturated heterocycles. The average molecular weight is 989 g/mol. The van der Waals surface area contributed by atoms with E-state index in [1.54, 1.807) is 0 Å². The van der Waals surface area contributed by atoms with Crippen LogP contribution in [0.4, 0.5) is 17.1 Å². The number of nitrogens with zero attached hydrogens (tertiary/aromatic N) is 2. The second kappa shape index (κ2) is 18.8. The largest absolute Gasteiger partial charge is 0.456 e. The highest BCUT2D eigenvalue weighted by Gasteiger charge is 2.37. The minimum atomic E-state index is -0.257. The smallest absolute Gasteiger partial charge is 0.134 e. The predicted molar refractivity (Wildman–Crippen MR) is 318 cm³/mol. The molecule has 0 radical (unpaired) electrons. The van der Waals surface area contributed by atoms with Gasteiger partial charge in [-0.15, -0.1) is 0 Å². The van der Waals surface area contributed by atoms with Crippen molar-refractivity contribution in [2.75, 3.05) is 4.90 Å². The van der Waals surface area contributed by atoms with E-state index in [-0.39, 0.29) is 5.41 Å². The number of rotatable bonds is 11. The summed E-state index contributed by atoms with van der Waals surface area (Å²) < 4.78 is 15.2. The zero-order valence-corrected chi connectivity index (χ0v) is 42.8. The molecule has 0 aliphatic heterocycles. The summed E-state index contributed by atoms with van der Waals surface area (Å²) in [4.78, 5) is 2.31. The van der Waals surface area contributed by atoms with Crippen LogP contribution < -0.4 is 4.90 Å². The predicted octanol–water partition coefficient (Wildman–Crippen LogP) is 20.3. The lowest BCUT2D eigenvalue weighted by atomic mass is 9.81. The van der Waals surface area contributed by atoms with Crippen molar-refractivity contribution in [3.05, 3.63) is 290 Å². The quantitative estimate of drug-likeness (QED) is 0.130. The lowest BCUT2D eigenvalue weighted by Crippen LogP contribution is -2.15. The van der Waals surface area contributed by atoms with E-state index in [1.807, 2.05) is 48.5 Å². The Morgan fingerprint density at radius 2 is 0.714 bits per heavy atom. The van der Waals surface area contributed by atoms with Crippen LogP contribution in [0.15, 0.2) is 288 Å². The van der Waals surface area contributed by atoms with E-state index in [9.17, 15) is 0 Å². The highest BCUT2D eigenvalue weighted by atomic mass is 16.3. The van der Waals surface area contributed by atoms with E-state index < -0.39 is 0 Å². The van der Waals surface area contributed by atoms with Crippen LogP contribution in [0.5, 0.6) is 0 Å². The van der Waals surface area contributed by atoms with Gasteiger partial charge in [0.15, 0.2) is 0 Å². The Morgan fingerprint density at radius 3 is 1.19 bits per heavy atom. The fraction of sp³-hybridized carbons (Fsp3) is 0.0411. The number of fused-ring (bicyclic) bond motifs is 4. The molecule has 0 fully saturated rings. The molecule has 4 heteroatoms. The van der Waals surface area contributed by atoms with Crippen LogP contribution in [0, 0.1) is 0 Å². The standard InChI is InChI=1S/C73H52N2O2/c1-73(2)64-46-56(34-41-61(64)62-47-63-66(48-65(62)73)75(57-26-16-7-17-27-57)72(55-24-14-6-15-25-55)71(63)54-22-12-5-13-23-54)49-28-35-58(36-29-49)74(59-37-30-52(31-38-59)69-44-42-67(76-69)50-18-8-3-9-19-50)60-39-32-53(33-40-60)70-45-43-68(77-70)51-20-10-4-11-21-51/h3-48H,1-2H3. The summed E-state index contributed by atoms with van der Waals surface area (Å²) >= 11 is 0. The van der Waals surface area contributed by atoms with Gasteiger partial charge in [-0.05, 0) is 160 Å². The van der Waals surface area contributed by atoms with E-state index >= 15 is 0 Å². The van der Waals surface area contributed by atoms with Gasteiger partial charge < -0.3 is 18.3 Å². The van der Waals surface area contributed by atoms with Gasteiger partial charge in [-0.25, -0.2) is 0 Å². The van der Waals surface area contributed by atoms with Gasteiger partial charge in [-0.3, -0.25) is 0 Å². The highest BCUT2D eigenvalue weighted by Crippen LogP contribution is 2.54. The zero-order chi connectivity index (χ0) is 51.5. The topological polar surface area (TPSA) is 34.5 Å². The SMILES string of the molecule is CC1(C)c2cc(-c3ccc(N(c4ccc(-c5ccc(-c6ccccc6)o5)cc4)c4ccc(-c5ccc(-c6ccccc6)o5)cc4)cc3)ccc2-c2cc3c(-c4ccccc4)c(-c4ccccc4)n(-c4ccccc4)c3cc21. The third-order valence-electron chi connectivity index (χ3n) is 15.5. The van der Waals surface area contributed by atoms with Crippen molar-refractivity contribution in [1.29, 1.82) is 0 Å². The fourth-order valence-corrected chi connectivity index (χ4v) is 11.6. The Labute approximate surface area is 449 Å². The van der Waals surface area contributed by atoms with Gasteiger partial charge in [0.05, 0.1) is 11.2 Å². The molecule has 14 rings (SSSR count). The number of furan rings is 2. The molecule has 77 heavy (non-hydrogen) atoms. The second-order valence-corrected chi connectivity index (χ2v) is 20.5. The van der Waals surface area contributed by atoms with Crippen LogP contribution in [-0.2, 0) is 5.41 Å². The van der Waals surface area contributed by atoms with E-state index in [4.69, 9.17) is 8.83 Å². The lowest BCUT2D eigenvalue weighted by molar-refractivity contribution is 0.597. The number of hydrogen-bond acceptors (Lipinski definition) is 3. The maximum atomic E-state index is 6.38. The first-order valence-electron chi connectivity index (χ1n) is 26.4. The summed E-state index contributed by atoms with van der Waals surface area (Å²) in [6, 6.07) is 99.6. The Morgan fingerprint density at radius 1 is 0.325 bits per heavy atom. The molecule has 0 N–H and O–H groups in total. The lowest BCUT2D eigenvalue weighted by Gasteiger charge is -2.26. The first-order valence-corrected chi connectivity index (χ1v) is 26.4. The molecule has 0 amide bonds. The first-order chi connectivity index (χ1) is 37.9. The van der Waals surface area contributed by atoms with Crippen LogP contribution in [-0.4, -0.2) is 4.57 Å². The van der Waals surface area contributed by atoms with Gasteiger partial charge >= 0.3 is 0 Å². The van der Waals surface area contributed by atoms with Gasteiger partial charge in [0.1, 0.15) is 23.0 Å². The van der Waals surface area contributed by atoms with Crippen LogP contribution in [0.3, 0.4) is 0 Å². The van der Waals surface area contributed by atoms with Gasteiger partial charge in [0, 0.05) is 61.4 Å². The van der Waals surface area contributed by atoms with Crippen molar-refractivity contribution in [2.24, 2.45) is 0 Å². The van der Waals surface area contributed by atoms with Crippen LogP contribution in [0.2, 0.25) is 0 Å². The van der Waals surface area contributed by atoms with Crippen molar-refractivity contribution in [2.45, 2.75) is 19.3 Å². The molecule has 3 aromatic heterocycles. The minimum Gasteiger partial charge on any atom is -0.456 e. The molecule has 0 unspecified atom stereocenters. The van der Waals surface area contributed by atoms with Crippen LogP contribution >= 0.6 is 0 Å². The molecule has 1 aliphatic rings. The molecule has 0 bridgehead atoms. The van der Waals surface area contributed by atoms with Crippen molar-refractivity contribution in [3.8, 4) is 95.6 Å². The van der Waals surface area contributed by atoms with E-state index in [0.717, 1.165) is 73.6 Å². The van der Waals surface area contributed by atoms with Gasteiger partial charge in [-0.2, -0.15) is 0 Å². The summed E-state index contributed by atoms with van der Waals surface area (Å²) in [5, 5.41) is 1.24. The van der Waals surface area contributed by atoms with E-state index in [1.165, 1.54) is 61.1 Å². The van der Waals surface area contributed by atoms with Crippen LogP contribution in [0.1, 0.15) is 25.0 Å². The fourth-order valence-electron chi connectivity index (χ4n) is 11.6. The molecular weight excluding hydrogens is 937 g/mol. The molecular formula is C73H52N2O2. The monoisotopic (exact) mass is 988 g/mol. The molecule has 0 atom stereocenters. The first kappa shape index (κ1) is 45.7. The maximum Gasteiger partial charge on any atom is 0.134 e. The second-order valence-electron chi connectivity index (χ2n) is 20.5. The van der Waals surface area contributed by atoms with Gasteiger partial charge in [-0.1, -0.05) is 178 Å². The third-order valence-corrected chi connectivity index (χ3v) is 15.5. The van der Waals surface area contributed by atoms with Crippen molar-refractivity contribution < 1.29 is 8.83 Å². The number of aromatic nitrogens is 1. The molecule has 0 saturated carbocycles. The highest BCUT2D eigenvalue weighted by molar-refractivity contribution is 6.08. The molecule has 0 spiro atoms. The molecule has 1 aliphatic carbocycles. The summed E-state index contributed by atoms with van der Waals surface area (Å²) in [6.07, 6.45) is 0. The van der Waals surface area contributed by atoms with Crippen molar-refractivity contribution in [1.82, 2.24) is 4.57 Å². The third kappa shape index (κ3) is 8.10. The van der Waals surface area contributed by atoms with Gasteiger partial charge in [0.25, 0.3) is 0 Å². The zero-order valence-electron chi connectivity index (χ0n) is 42.8. The van der Waals surface area contributed by atoms with E-state index in [0.29, 0.717) is 0 Å². The number of hydrogen-bond donors (Lipinski definition) is 0. The van der Waals surface area contributed by atoms with Crippen molar-refractivity contribution >= 4 is 28.0 Å². The summed E-state index contributed by atoms with van der Waals surface area (Å²) in [5.74, 6) is 3.35. The summed E-state index contributed by atoms with van der Waals surface area (Å²) in [5.41, 5.74) is 21.8. The number of anilines is 3. The number of para-hydroxylation sites is 1. The Bertz CT molecular complexity index is 4110. The van der Waals surface area contributed by atoms with Gasteiger partial charge in [0.2, 0.25) is 0 Å². The number of benzene rings is 10. The van der Waals surface area contributed by atoms with Crippen LogP contribution in [0.25, 0.3) is 107 Å². The minimum absolute atomic E-state index is 0.257. The normalized spacial score (nSPS) is 12.4. The molecule has 4 nitrogen and oxygen atoms in total. The maximum absolute atomic E-state index is 6.38. The molecule has 13 aromatic rings. The molecule has 10 aromatic carbocycles. The summed E-state index contributed by atoms with van der Waals surface area (Å²) in [6.45, 7) is 4.78. The Balaban J connectivity index is 0.828. The Kier molecular flexibility index (Phi) is 11.2. The average Bonchev–Trinajstić information content (AvgIpc) is 4.37. The summed E-state index contributed by atoms with van der Waals surface area (Å²) in [7, 11) is 0. The van der Waals surface area contributed by atoms with E-state index in [2.05, 4.69) is 254 Å². The molecule has 366 valence electrons. The molecule has 3 heterocycles. The Hall–Kier alpha value is -9.90.